The second kappa shape index (κ2) is 10.2. The van der Waals surface area contributed by atoms with Crippen molar-refractivity contribution in [1.29, 1.82) is 0 Å². The monoisotopic (exact) mass is 638 g/mol. The summed E-state index contributed by atoms with van der Waals surface area (Å²) in [7, 11) is 0. The molecular weight excluding hydrogens is 627 g/mol. The van der Waals surface area contributed by atoms with Crippen molar-refractivity contribution >= 4 is 82.5 Å². The van der Waals surface area contributed by atoms with Gasteiger partial charge >= 0.3 is 5.91 Å². The molecule has 0 aliphatic carbocycles. The lowest BCUT2D eigenvalue weighted by atomic mass is 10.2. The largest absolute Gasteiger partial charge is 0.488 e. The summed E-state index contributed by atoms with van der Waals surface area (Å²) in [5.74, 6) is 0.422. The van der Waals surface area contributed by atoms with Gasteiger partial charge in [-0.15, -0.1) is 0 Å². The maximum Gasteiger partial charge on any atom is 0.307 e. The van der Waals surface area contributed by atoms with Crippen LogP contribution in [0.2, 0.25) is 5.02 Å². The Kier molecular flexibility index (Phi) is 7.35. The van der Waals surface area contributed by atoms with Crippen molar-refractivity contribution in [3.8, 4) is 5.75 Å². The highest BCUT2D eigenvalue weighted by Gasteiger charge is 2.14. The van der Waals surface area contributed by atoms with Crippen LogP contribution in [0.5, 0.6) is 5.75 Å². The van der Waals surface area contributed by atoms with Gasteiger partial charge in [-0.3, -0.25) is 4.79 Å². The molecule has 3 aromatic carbocycles. The Labute approximate surface area is 214 Å². The minimum absolute atomic E-state index is 0.170. The molecule has 0 aliphatic rings. The van der Waals surface area contributed by atoms with Gasteiger partial charge in [0.1, 0.15) is 17.9 Å². The zero-order valence-electron chi connectivity index (χ0n) is 16.2. The zero-order chi connectivity index (χ0) is 22.7. The van der Waals surface area contributed by atoms with Gasteiger partial charge in [0.25, 0.3) is 0 Å². The predicted molar refractivity (Wildman–Crippen MR) is 137 cm³/mol. The lowest BCUT2D eigenvalue weighted by molar-refractivity contribution is 0.0929. The first kappa shape index (κ1) is 23.0. The Morgan fingerprint density at radius 2 is 1.81 bits per heavy atom. The molecular formula is C23H14Br3ClN2O3. The second-order valence-electron chi connectivity index (χ2n) is 6.72. The van der Waals surface area contributed by atoms with Crippen LogP contribution in [0, 0.1) is 0 Å². The van der Waals surface area contributed by atoms with E-state index in [4.69, 9.17) is 20.8 Å². The molecule has 4 rings (SSSR count). The van der Waals surface area contributed by atoms with E-state index in [0.29, 0.717) is 23.0 Å². The summed E-state index contributed by atoms with van der Waals surface area (Å²) in [4.78, 5) is 12.4. The summed E-state index contributed by atoms with van der Waals surface area (Å²) in [5.41, 5.74) is 4.88. The first-order valence-electron chi connectivity index (χ1n) is 9.28. The smallest absolute Gasteiger partial charge is 0.307 e. The van der Waals surface area contributed by atoms with Crippen molar-refractivity contribution in [2.75, 3.05) is 0 Å². The van der Waals surface area contributed by atoms with Crippen LogP contribution in [0.15, 0.2) is 83.6 Å². The number of nitrogens with one attached hydrogen (secondary N) is 1. The maximum atomic E-state index is 12.4. The number of furan rings is 1. The van der Waals surface area contributed by atoms with E-state index in [1.165, 1.54) is 0 Å². The van der Waals surface area contributed by atoms with Crippen LogP contribution in [0.4, 0.5) is 0 Å². The van der Waals surface area contributed by atoms with Gasteiger partial charge in [-0.1, -0.05) is 39.7 Å². The van der Waals surface area contributed by atoms with Crippen LogP contribution >= 0.6 is 59.4 Å². The van der Waals surface area contributed by atoms with E-state index in [1.54, 1.807) is 12.3 Å². The highest BCUT2D eigenvalue weighted by atomic mass is 79.9. The number of hydrazone groups is 1. The molecule has 0 atom stereocenters. The molecule has 1 aromatic heterocycles. The van der Waals surface area contributed by atoms with Crippen LogP contribution in [0.25, 0.3) is 11.0 Å². The molecule has 9 heteroatoms. The maximum absolute atomic E-state index is 12.4. The summed E-state index contributed by atoms with van der Waals surface area (Å²) in [6, 6.07) is 18.4. The standard InChI is InChI=1S/C23H14Br3ClN2O3/c24-16-8-15-9-21(32-22(15)19(26)10-16)23(30)29-28-11-14-3-6-20(18(25)7-14)31-12-13-1-4-17(27)5-2-13/h1-11H,12H2,(H,29,30)/b28-11-. The topological polar surface area (TPSA) is 63.8 Å². The minimum Gasteiger partial charge on any atom is -0.488 e. The molecule has 1 N–H and O–H groups in total. The molecule has 0 bridgehead atoms. The average Bonchev–Trinajstić information content (AvgIpc) is 3.19. The fourth-order valence-corrected chi connectivity index (χ4v) is 4.84. The third kappa shape index (κ3) is 5.61. The lowest BCUT2D eigenvalue weighted by Gasteiger charge is -2.09. The summed E-state index contributed by atoms with van der Waals surface area (Å²) in [6.45, 7) is 0.420. The number of nitrogens with zero attached hydrogens (tertiary/aromatic N) is 1. The van der Waals surface area contributed by atoms with Gasteiger partial charge in [0.05, 0.1) is 15.2 Å². The summed E-state index contributed by atoms with van der Waals surface area (Å²) in [6.07, 6.45) is 1.54. The average molecular weight is 642 g/mol. The number of ether oxygens (including phenoxy) is 1. The molecule has 5 nitrogen and oxygen atoms in total. The zero-order valence-corrected chi connectivity index (χ0v) is 21.8. The van der Waals surface area contributed by atoms with Crippen molar-refractivity contribution in [2.24, 2.45) is 5.10 Å². The van der Waals surface area contributed by atoms with Crippen LogP contribution < -0.4 is 10.2 Å². The molecule has 0 unspecified atom stereocenters. The van der Waals surface area contributed by atoms with Gasteiger partial charge in [0, 0.05) is 14.9 Å². The molecule has 162 valence electrons. The molecule has 1 amide bonds. The Hall–Kier alpha value is -2.13. The number of halogens is 4. The molecule has 4 aromatic rings. The summed E-state index contributed by atoms with van der Waals surface area (Å²) in [5, 5.41) is 5.51. The molecule has 0 saturated heterocycles. The van der Waals surface area contributed by atoms with Gasteiger partial charge in [-0.2, -0.15) is 5.10 Å². The number of fused-ring (bicyclic) bond motifs is 1. The first-order chi connectivity index (χ1) is 15.4. The number of amides is 1. The fourth-order valence-electron chi connectivity index (χ4n) is 2.86. The Balaban J connectivity index is 1.38. The second-order valence-corrected chi connectivity index (χ2v) is 9.78. The summed E-state index contributed by atoms with van der Waals surface area (Å²) >= 11 is 16.3. The van der Waals surface area contributed by atoms with Crippen molar-refractivity contribution in [1.82, 2.24) is 5.43 Å². The van der Waals surface area contributed by atoms with E-state index in [-0.39, 0.29) is 5.76 Å². The number of rotatable bonds is 6. The van der Waals surface area contributed by atoms with Crippen molar-refractivity contribution in [2.45, 2.75) is 6.61 Å². The number of carbonyl (C=O) groups excluding carboxylic acids is 1. The normalized spacial score (nSPS) is 11.2. The van der Waals surface area contributed by atoms with E-state index in [9.17, 15) is 4.79 Å². The molecule has 0 radical (unpaired) electrons. The third-order valence-corrected chi connectivity index (χ3v) is 6.32. The number of carbonyl (C=O) groups is 1. The molecule has 0 aliphatic heterocycles. The lowest BCUT2D eigenvalue weighted by Crippen LogP contribution is -2.16. The Bertz CT molecular complexity index is 1320. The summed E-state index contributed by atoms with van der Waals surface area (Å²) < 4.78 is 13.9. The van der Waals surface area contributed by atoms with E-state index in [0.717, 1.165) is 29.9 Å². The van der Waals surface area contributed by atoms with Crippen molar-refractivity contribution in [3.05, 3.63) is 96.0 Å². The van der Waals surface area contributed by atoms with Gasteiger partial charge in [-0.25, -0.2) is 5.43 Å². The molecule has 0 fully saturated rings. The number of hydrogen-bond donors (Lipinski definition) is 1. The first-order valence-corrected chi connectivity index (χ1v) is 12.0. The minimum atomic E-state index is -0.442. The van der Waals surface area contributed by atoms with Crippen LogP contribution in [0.3, 0.4) is 0 Å². The van der Waals surface area contributed by atoms with Crippen LogP contribution in [-0.4, -0.2) is 12.1 Å². The van der Waals surface area contributed by atoms with Gasteiger partial charge < -0.3 is 9.15 Å². The van der Waals surface area contributed by atoms with Crippen molar-refractivity contribution in [3.63, 3.8) is 0 Å². The van der Waals surface area contributed by atoms with Gasteiger partial charge in [0.15, 0.2) is 5.76 Å². The number of hydrogen-bond acceptors (Lipinski definition) is 4. The van der Waals surface area contributed by atoms with Gasteiger partial charge in [-0.05, 0) is 91.5 Å². The van der Waals surface area contributed by atoms with E-state index in [2.05, 4.69) is 58.3 Å². The van der Waals surface area contributed by atoms with E-state index in [1.807, 2.05) is 54.6 Å². The third-order valence-electron chi connectivity index (χ3n) is 4.40. The molecule has 0 saturated carbocycles. The van der Waals surface area contributed by atoms with E-state index >= 15 is 0 Å². The Morgan fingerprint density at radius 1 is 1.03 bits per heavy atom. The van der Waals surface area contributed by atoms with Crippen LogP contribution in [-0.2, 0) is 6.61 Å². The van der Waals surface area contributed by atoms with Crippen LogP contribution in [0.1, 0.15) is 21.7 Å². The molecule has 0 spiro atoms. The number of benzene rings is 3. The predicted octanol–water partition coefficient (Wildman–Crippen LogP) is 7.72. The fraction of sp³-hybridized carbons (Fsp3) is 0.0435. The Morgan fingerprint density at radius 3 is 2.56 bits per heavy atom. The van der Waals surface area contributed by atoms with Gasteiger partial charge in [0.2, 0.25) is 0 Å². The quantitative estimate of drug-likeness (QED) is 0.173. The van der Waals surface area contributed by atoms with E-state index < -0.39 is 5.91 Å². The molecule has 32 heavy (non-hydrogen) atoms. The SMILES string of the molecule is O=C(N/N=C\c1ccc(OCc2ccc(Cl)cc2)c(Br)c1)c1cc2cc(Br)cc(Br)c2o1. The van der Waals surface area contributed by atoms with Crippen molar-refractivity contribution < 1.29 is 13.9 Å². The highest BCUT2D eigenvalue weighted by molar-refractivity contribution is 9.11. The molecule has 1 heterocycles. The highest BCUT2D eigenvalue weighted by Crippen LogP contribution is 2.31.